The Kier molecular flexibility index (Phi) is 6.49. The second kappa shape index (κ2) is 8.14. The molecular formula is C17H28ClN3. The number of rotatable bonds is 6. The first-order valence-electron chi connectivity index (χ1n) is 7.92. The van der Waals surface area contributed by atoms with Crippen molar-refractivity contribution in [1.82, 2.24) is 9.80 Å². The number of nitrogens with zero attached hydrogens (tertiary/aromatic N) is 2. The van der Waals surface area contributed by atoms with E-state index in [-0.39, 0.29) is 6.04 Å². The Morgan fingerprint density at radius 3 is 2.43 bits per heavy atom. The lowest BCUT2D eigenvalue weighted by Crippen LogP contribution is -2.38. The Labute approximate surface area is 134 Å². The highest BCUT2D eigenvalue weighted by Crippen LogP contribution is 2.21. The van der Waals surface area contributed by atoms with Crippen molar-refractivity contribution in [1.29, 1.82) is 0 Å². The van der Waals surface area contributed by atoms with E-state index >= 15 is 0 Å². The van der Waals surface area contributed by atoms with Gasteiger partial charge < -0.3 is 15.5 Å². The maximum Gasteiger partial charge on any atom is 0.0406 e. The minimum absolute atomic E-state index is 0.113. The first-order valence-corrected chi connectivity index (χ1v) is 8.30. The molecule has 0 spiro atoms. The molecule has 0 saturated carbocycles. The van der Waals surface area contributed by atoms with Crippen molar-refractivity contribution in [2.24, 2.45) is 11.7 Å². The number of nitrogens with two attached hydrogens (primary N) is 1. The van der Waals surface area contributed by atoms with E-state index in [1.807, 2.05) is 24.3 Å². The zero-order valence-corrected chi connectivity index (χ0v) is 14.0. The SMILES string of the molecule is CN(C)CC1CCN(CCC(N)c2ccc(Cl)cc2)CC1. The Bertz CT molecular complexity index is 411. The van der Waals surface area contributed by atoms with Crippen LogP contribution in [0.5, 0.6) is 0 Å². The average Bonchev–Trinajstić information content (AvgIpc) is 2.46. The molecule has 1 heterocycles. The lowest BCUT2D eigenvalue weighted by Gasteiger charge is -2.33. The maximum absolute atomic E-state index is 6.28. The Morgan fingerprint density at radius 2 is 1.86 bits per heavy atom. The highest BCUT2D eigenvalue weighted by atomic mass is 35.5. The van der Waals surface area contributed by atoms with Crippen LogP contribution in [0, 0.1) is 5.92 Å². The molecule has 1 aromatic rings. The predicted octanol–water partition coefficient (Wildman–Crippen LogP) is 3.00. The highest BCUT2D eigenvalue weighted by Gasteiger charge is 2.20. The fraction of sp³-hybridized carbons (Fsp3) is 0.647. The van der Waals surface area contributed by atoms with Gasteiger partial charge in [-0.1, -0.05) is 23.7 Å². The summed E-state index contributed by atoms with van der Waals surface area (Å²) in [7, 11) is 4.33. The summed E-state index contributed by atoms with van der Waals surface area (Å²) in [4.78, 5) is 4.86. The molecule has 1 fully saturated rings. The third-order valence-corrected chi connectivity index (χ3v) is 4.64. The highest BCUT2D eigenvalue weighted by molar-refractivity contribution is 6.30. The Morgan fingerprint density at radius 1 is 1.24 bits per heavy atom. The van der Waals surface area contributed by atoms with Gasteiger partial charge in [0.05, 0.1) is 0 Å². The summed E-state index contributed by atoms with van der Waals surface area (Å²) < 4.78 is 0. The lowest BCUT2D eigenvalue weighted by atomic mass is 9.96. The summed E-state index contributed by atoms with van der Waals surface area (Å²) in [6, 6.07) is 8.03. The monoisotopic (exact) mass is 309 g/mol. The number of likely N-dealkylation sites (tertiary alicyclic amines) is 1. The summed E-state index contributed by atoms with van der Waals surface area (Å²) in [6.45, 7) is 4.74. The molecule has 118 valence electrons. The average molecular weight is 310 g/mol. The molecule has 1 atom stereocenters. The smallest absolute Gasteiger partial charge is 0.0406 e. The second-order valence-electron chi connectivity index (χ2n) is 6.49. The van der Waals surface area contributed by atoms with Gasteiger partial charge in [0.1, 0.15) is 0 Å². The first-order chi connectivity index (χ1) is 10.0. The molecule has 2 N–H and O–H groups in total. The fourth-order valence-electron chi connectivity index (χ4n) is 3.11. The molecule has 0 bridgehead atoms. The van der Waals surface area contributed by atoms with Crippen molar-refractivity contribution in [3.63, 3.8) is 0 Å². The van der Waals surface area contributed by atoms with Crippen LogP contribution in [-0.4, -0.2) is 50.1 Å². The minimum atomic E-state index is 0.113. The van der Waals surface area contributed by atoms with Crippen molar-refractivity contribution in [2.75, 3.05) is 40.3 Å². The molecule has 0 aromatic heterocycles. The van der Waals surface area contributed by atoms with Gasteiger partial charge in [-0.3, -0.25) is 0 Å². The molecule has 0 amide bonds. The van der Waals surface area contributed by atoms with Gasteiger partial charge in [0, 0.05) is 17.6 Å². The van der Waals surface area contributed by atoms with Crippen LogP contribution in [0.25, 0.3) is 0 Å². The van der Waals surface area contributed by atoms with Crippen LogP contribution in [-0.2, 0) is 0 Å². The van der Waals surface area contributed by atoms with Gasteiger partial charge in [-0.15, -0.1) is 0 Å². The Hall–Kier alpha value is -0.610. The van der Waals surface area contributed by atoms with Crippen molar-refractivity contribution < 1.29 is 0 Å². The second-order valence-corrected chi connectivity index (χ2v) is 6.93. The molecule has 4 heteroatoms. The van der Waals surface area contributed by atoms with Gasteiger partial charge in [-0.05, 0) is 76.6 Å². The van der Waals surface area contributed by atoms with Crippen molar-refractivity contribution in [3.05, 3.63) is 34.9 Å². The fourth-order valence-corrected chi connectivity index (χ4v) is 3.23. The van der Waals surface area contributed by atoms with Gasteiger partial charge in [0.2, 0.25) is 0 Å². The standard InChI is InChI=1S/C17H28ClN3/c1-20(2)13-14-7-10-21(11-8-14)12-9-17(19)15-3-5-16(18)6-4-15/h3-6,14,17H,7-13,19H2,1-2H3. The van der Waals surface area contributed by atoms with E-state index in [2.05, 4.69) is 23.9 Å². The Balaban J connectivity index is 1.70. The maximum atomic E-state index is 6.28. The zero-order valence-electron chi connectivity index (χ0n) is 13.3. The topological polar surface area (TPSA) is 32.5 Å². The molecule has 21 heavy (non-hydrogen) atoms. The van der Waals surface area contributed by atoms with Gasteiger partial charge >= 0.3 is 0 Å². The van der Waals surface area contributed by atoms with Crippen LogP contribution in [0.2, 0.25) is 5.02 Å². The summed E-state index contributed by atoms with van der Waals surface area (Å²) in [5.74, 6) is 0.862. The van der Waals surface area contributed by atoms with Crippen molar-refractivity contribution in [3.8, 4) is 0 Å². The van der Waals surface area contributed by atoms with Crippen LogP contribution >= 0.6 is 11.6 Å². The molecule has 1 saturated heterocycles. The molecule has 1 aliphatic heterocycles. The number of halogens is 1. The largest absolute Gasteiger partial charge is 0.324 e. The lowest BCUT2D eigenvalue weighted by molar-refractivity contribution is 0.159. The normalized spacial score (nSPS) is 19.1. The number of hydrogen-bond acceptors (Lipinski definition) is 3. The summed E-state index contributed by atoms with van der Waals surface area (Å²) in [5, 5.41) is 0.772. The zero-order chi connectivity index (χ0) is 15.2. The van der Waals surface area contributed by atoms with Crippen molar-refractivity contribution in [2.45, 2.75) is 25.3 Å². The number of benzene rings is 1. The molecule has 1 aromatic carbocycles. The van der Waals surface area contributed by atoms with Crippen LogP contribution in [0.15, 0.2) is 24.3 Å². The molecule has 1 unspecified atom stereocenters. The summed E-state index contributed by atoms with van der Waals surface area (Å²) in [5.41, 5.74) is 7.46. The molecule has 2 rings (SSSR count). The van der Waals surface area contributed by atoms with E-state index in [1.54, 1.807) is 0 Å². The third kappa shape index (κ3) is 5.59. The molecule has 0 radical (unpaired) electrons. The van der Waals surface area contributed by atoms with Gasteiger partial charge in [-0.2, -0.15) is 0 Å². The first kappa shape index (κ1) is 16.8. The minimum Gasteiger partial charge on any atom is -0.324 e. The number of hydrogen-bond donors (Lipinski definition) is 1. The van der Waals surface area contributed by atoms with Crippen LogP contribution in [0.4, 0.5) is 0 Å². The van der Waals surface area contributed by atoms with Crippen LogP contribution < -0.4 is 5.73 Å². The van der Waals surface area contributed by atoms with Crippen LogP contribution in [0.3, 0.4) is 0 Å². The third-order valence-electron chi connectivity index (χ3n) is 4.38. The molecule has 1 aliphatic rings. The summed E-state index contributed by atoms with van der Waals surface area (Å²) in [6.07, 6.45) is 3.64. The number of piperidine rings is 1. The summed E-state index contributed by atoms with van der Waals surface area (Å²) >= 11 is 5.91. The van der Waals surface area contributed by atoms with Crippen molar-refractivity contribution >= 4 is 11.6 Å². The van der Waals surface area contributed by atoms with E-state index in [9.17, 15) is 0 Å². The van der Waals surface area contributed by atoms with E-state index in [0.29, 0.717) is 0 Å². The van der Waals surface area contributed by atoms with Gasteiger partial charge in [0.15, 0.2) is 0 Å². The quantitative estimate of drug-likeness (QED) is 0.877. The van der Waals surface area contributed by atoms with Gasteiger partial charge in [-0.25, -0.2) is 0 Å². The van der Waals surface area contributed by atoms with Gasteiger partial charge in [0.25, 0.3) is 0 Å². The molecule has 0 aliphatic carbocycles. The molecular weight excluding hydrogens is 282 g/mol. The van der Waals surface area contributed by atoms with E-state index in [0.717, 1.165) is 23.9 Å². The van der Waals surface area contributed by atoms with Crippen LogP contribution in [0.1, 0.15) is 30.9 Å². The van der Waals surface area contributed by atoms with E-state index in [4.69, 9.17) is 17.3 Å². The van der Waals surface area contributed by atoms with E-state index in [1.165, 1.54) is 38.0 Å². The predicted molar refractivity (Wildman–Crippen MR) is 90.7 cm³/mol. The molecule has 3 nitrogen and oxygen atoms in total. The van der Waals surface area contributed by atoms with E-state index < -0.39 is 0 Å².